The fourth-order valence-corrected chi connectivity index (χ4v) is 1.48. The van der Waals surface area contributed by atoms with Crippen molar-refractivity contribution < 1.29 is 9.90 Å². The molecule has 4 heteroatoms. The zero-order valence-corrected chi connectivity index (χ0v) is 9.79. The quantitative estimate of drug-likeness (QED) is 0.657. The number of amides is 1. The van der Waals surface area contributed by atoms with Crippen molar-refractivity contribution in [1.82, 2.24) is 5.32 Å². The number of aliphatic hydroxyl groups is 1. The summed E-state index contributed by atoms with van der Waals surface area (Å²) in [4.78, 5) is 11.8. The standard InChI is InChI=1S/C13H16N2O2/c1-3-7-14-12-6-4-5-11(10(12)2)13(17)15-8-9-16/h1,4-6,14,16H,7-9H2,2H3,(H,15,17). The predicted molar refractivity (Wildman–Crippen MR) is 67.9 cm³/mol. The van der Waals surface area contributed by atoms with E-state index in [4.69, 9.17) is 11.5 Å². The van der Waals surface area contributed by atoms with E-state index in [2.05, 4.69) is 16.6 Å². The van der Waals surface area contributed by atoms with Crippen molar-refractivity contribution in [2.24, 2.45) is 0 Å². The molecule has 3 N–H and O–H groups in total. The van der Waals surface area contributed by atoms with Crippen LogP contribution in [0.5, 0.6) is 0 Å². The molecule has 0 bridgehead atoms. The summed E-state index contributed by atoms with van der Waals surface area (Å²) in [7, 11) is 0. The number of hydrogen-bond acceptors (Lipinski definition) is 3. The van der Waals surface area contributed by atoms with E-state index in [-0.39, 0.29) is 19.1 Å². The molecule has 1 rings (SSSR count). The molecule has 0 saturated carbocycles. The van der Waals surface area contributed by atoms with E-state index in [9.17, 15) is 4.79 Å². The van der Waals surface area contributed by atoms with E-state index in [1.165, 1.54) is 0 Å². The Hall–Kier alpha value is -1.99. The van der Waals surface area contributed by atoms with Gasteiger partial charge in [0.1, 0.15) is 0 Å². The molecule has 0 aliphatic carbocycles. The number of terminal acetylenes is 1. The molecule has 0 aromatic heterocycles. The van der Waals surface area contributed by atoms with Crippen molar-refractivity contribution in [2.75, 3.05) is 25.0 Å². The highest BCUT2D eigenvalue weighted by Crippen LogP contribution is 2.18. The average Bonchev–Trinajstić information content (AvgIpc) is 2.34. The second-order valence-electron chi connectivity index (χ2n) is 3.52. The van der Waals surface area contributed by atoms with Crippen molar-refractivity contribution in [1.29, 1.82) is 0 Å². The molecule has 0 spiro atoms. The van der Waals surface area contributed by atoms with Gasteiger partial charge in [-0.1, -0.05) is 12.0 Å². The van der Waals surface area contributed by atoms with Gasteiger partial charge in [-0.2, -0.15) is 0 Å². The van der Waals surface area contributed by atoms with Crippen LogP contribution in [0.15, 0.2) is 18.2 Å². The number of anilines is 1. The SMILES string of the molecule is C#CCNc1cccc(C(=O)NCCO)c1C. The van der Waals surface area contributed by atoms with Gasteiger partial charge in [0.2, 0.25) is 0 Å². The summed E-state index contributed by atoms with van der Waals surface area (Å²) < 4.78 is 0. The Morgan fingerprint density at radius 3 is 2.94 bits per heavy atom. The second-order valence-corrected chi connectivity index (χ2v) is 3.52. The first-order valence-electron chi connectivity index (χ1n) is 5.36. The first-order valence-corrected chi connectivity index (χ1v) is 5.36. The van der Waals surface area contributed by atoms with Crippen LogP contribution in [0.2, 0.25) is 0 Å². The number of nitrogens with one attached hydrogen (secondary N) is 2. The summed E-state index contributed by atoms with van der Waals surface area (Å²) in [5.41, 5.74) is 2.28. The van der Waals surface area contributed by atoms with Gasteiger partial charge >= 0.3 is 0 Å². The Balaban J connectivity index is 2.86. The number of aliphatic hydroxyl groups excluding tert-OH is 1. The topological polar surface area (TPSA) is 61.4 Å². The van der Waals surface area contributed by atoms with Crippen LogP contribution < -0.4 is 10.6 Å². The highest BCUT2D eigenvalue weighted by Gasteiger charge is 2.10. The van der Waals surface area contributed by atoms with Gasteiger partial charge in [-0.25, -0.2) is 0 Å². The van der Waals surface area contributed by atoms with Gasteiger partial charge in [0, 0.05) is 17.8 Å². The molecule has 0 radical (unpaired) electrons. The van der Waals surface area contributed by atoms with Gasteiger partial charge in [-0.15, -0.1) is 6.42 Å². The summed E-state index contributed by atoms with van der Waals surface area (Å²) in [6, 6.07) is 5.40. The Kier molecular flexibility index (Phi) is 5.05. The second kappa shape index (κ2) is 6.56. The molecule has 1 amide bonds. The van der Waals surface area contributed by atoms with Gasteiger partial charge < -0.3 is 15.7 Å². The Morgan fingerprint density at radius 1 is 1.53 bits per heavy atom. The number of benzene rings is 1. The van der Waals surface area contributed by atoms with E-state index in [0.29, 0.717) is 12.1 Å². The Morgan fingerprint density at radius 2 is 2.29 bits per heavy atom. The first-order chi connectivity index (χ1) is 8.20. The van der Waals surface area contributed by atoms with Crippen LogP contribution in [-0.2, 0) is 0 Å². The lowest BCUT2D eigenvalue weighted by molar-refractivity contribution is 0.0944. The minimum Gasteiger partial charge on any atom is -0.395 e. The summed E-state index contributed by atoms with van der Waals surface area (Å²) in [5, 5.41) is 14.3. The van der Waals surface area contributed by atoms with Crippen molar-refractivity contribution in [2.45, 2.75) is 6.92 Å². The van der Waals surface area contributed by atoms with Crippen molar-refractivity contribution in [3.8, 4) is 12.3 Å². The molecule has 17 heavy (non-hydrogen) atoms. The molecule has 0 unspecified atom stereocenters. The summed E-state index contributed by atoms with van der Waals surface area (Å²) in [5.74, 6) is 2.29. The fourth-order valence-electron chi connectivity index (χ4n) is 1.48. The Labute approximate surface area is 101 Å². The van der Waals surface area contributed by atoms with Crippen LogP contribution in [0.3, 0.4) is 0 Å². The van der Waals surface area contributed by atoms with Crippen LogP contribution >= 0.6 is 0 Å². The van der Waals surface area contributed by atoms with E-state index in [0.717, 1.165) is 11.3 Å². The maximum atomic E-state index is 11.8. The van der Waals surface area contributed by atoms with Crippen molar-refractivity contribution in [3.05, 3.63) is 29.3 Å². The van der Waals surface area contributed by atoms with Crippen LogP contribution in [0.25, 0.3) is 0 Å². The molecule has 0 saturated heterocycles. The molecule has 4 nitrogen and oxygen atoms in total. The lowest BCUT2D eigenvalue weighted by Gasteiger charge is -2.11. The molecule has 1 aromatic rings. The minimum absolute atomic E-state index is 0.0696. The number of rotatable bonds is 5. The van der Waals surface area contributed by atoms with Gasteiger partial charge in [0.05, 0.1) is 13.2 Å². The molecule has 0 fully saturated rings. The predicted octanol–water partition coefficient (Wildman–Crippen LogP) is 0.762. The normalized spacial score (nSPS) is 9.47. The highest BCUT2D eigenvalue weighted by molar-refractivity contribution is 5.97. The van der Waals surface area contributed by atoms with E-state index in [1.807, 2.05) is 13.0 Å². The zero-order chi connectivity index (χ0) is 12.7. The molecule has 0 heterocycles. The summed E-state index contributed by atoms with van der Waals surface area (Å²) in [6.45, 7) is 2.45. The average molecular weight is 232 g/mol. The maximum absolute atomic E-state index is 11.8. The molecular formula is C13H16N2O2. The van der Waals surface area contributed by atoms with Gasteiger partial charge in [-0.05, 0) is 24.6 Å². The smallest absolute Gasteiger partial charge is 0.251 e. The Bertz CT molecular complexity index is 436. The highest BCUT2D eigenvalue weighted by atomic mass is 16.3. The molecule has 0 aliphatic rings. The van der Waals surface area contributed by atoms with Gasteiger partial charge in [-0.3, -0.25) is 4.79 Å². The van der Waals surface area contributed by atoms with E-state index >= 15 is 0 Å². The van der Waals surface area contributed by atoms with Crippen LogP contribution in [0.4, 0.5) is 5.69 Å². The summed E-state index contributed by atoms with van der Waals surface area (Å²) in [6.07, 6.45) is 5.17. The van der Waals surface area contributed by atoms with Crippen molar-refractivity contribution in [3.63, 3.8) is 0 Å². The maximum Gasteiger partial charge on any atom is 0.251 e. The number of hydrogen-bond donors (Lipinski definition) is 3. The third-order valence-electron chi connectivity index (χ3n) is 2.36. The molecule has 1 aromatic carbocycles. The third-order valence-corrected chi connectivity index (χ3v) is 2.36. The monoisotopic (exact) mass is 232 g/mol. The van der Waals surface area contributed by atoms with Crippen LogP contribution in [-0.4, -0.2) is 30.7 Å². The summed E-state index contributed by atoms with van der Waals surface area (Å²) >= 11 is 0. The van der Waals surface area contributed by atoms with E-state index in [1.54, 1.807) is 12.1 Å². The molecular weight excluding hydrogens is 216 g/mol. The van der Waals surface area contributed by atoms with E-state index < -0.39 is 0 Å². The number of carbonyl (C=O) groups is 1. The lowest BCUT2D eigenvalue weighted by atomic mass is 10.1. The fraction of sp³-hybridized carbons (Fsp3) is 0.308. The zero-order valence-electron chi connectivity index (χ0n) is 9.79. The van der Waals surface area contributed by atoms with Crippen LogP contribution in [0, 0.1) is 19.3 Å². The molecule has 0 aliphatic heterocycles. The molecule has 90 valence electrons. The van der Waals surface area contributed by atoms with Gasteiger partial charge in [0.25, 0.3) is 5.91 Å². The van der Waals surface area contributed by atoms with Crippen molar-refractivity contribution >= 4 is 11.6 Å². The lowest BCUT2D eigenvalue weighted by Crippen LogP contribution is -2.27. The minimum atomic E-state index is -0.194. The van der Waals surface area contributed by atoms with Crippen LogP contribution in [0.1, 0.15) is 15.9 Å². The number of carbonyl (C=O) groups excluding carboxylic acids is 1. The molecule has 0 atom stereocenters. The third kappa shape index (κ3) is 3.51. The first kappa shape index (κ1) is 13.1. The van der Waals surface area contributed by atoms with Gasteiger partial charge in [0.15, 0.2) is 0 Å². The largest absolute Gasteiger partial charge is 0.395 e.